The average molecular weight is 157 g/mol. The van der Waals surface area contributed by atoms with Gasteiger partial charge in [-0.1, -0.05) is 6.92 Å². The van der Waals surface area contributed by atoms with Gasteiger partial charge in [0.15, 0.2) is 0 Å². The Morgan fingerprint density at radius 3 is 2.55 bits per heavy atom. The number of hydrogen-bond acceptors (Lipinski definition) is 3. The zero-order chi connectivity index (χ0) is 8.43. The summed E-state index contributed by atoms with van der Waals surface area (Å²) in [7, 11) is 0. The molecular weight excluding hydrogens is 142 g/mol. The highest BCUT2D eigenvalue weighted by Crippen LogP contribution is 2.19. The summed E-state index contributed by atoms with van der Waals surface area (Å²) in [5, 5.41) is 18.0. The average Bonchev–Trinajstić information content (AvgIpc) is 2.31. The molecule has 0 aromatic rings. The van der Waals surface area contributed by atoms with E-state index in [1.165, 1.54) is 0 Å². The van der Waals surface area contributed by atoms with Crippen molar-refractivity contribution in [2.75, 3.05) is 13.1 Å². The third kappa shape index (κ3) is 1.66. The Morgan fingerprint density at radius 2 is 2.18 bits per heavy atom. The molecule has 3 nitrogen and oxygen atoms in total. The van der Waals surface area contributed by atoms with Crippen LogP contribution in [-0.4, -0.2) is 34.3 Å². The first kappa shape index (κ1) is 8.40. The summed E-state index contributed by atoms with van der Waals surface area (Å²) in [6.45, 7) is 5.33. The Kier molecular flexibility index (Phi) is 2.39. The van der Waals surface area contributed by atoms with Crippen molar-refractivity contribution in [3.63, 3.8) is 0 Å². The molecule has 64 valence electrons. The highest BCUT2D eigenvalue weighted by atomic mass is 16.3. The van der Waals surface area contributed by atoms with Crippen LogP contribution in [0.4, 0.5) is 0 Å². The van der Waals surface area contributed by atoms with Crippen LogP contribution in [0.25, 0.3) is 0 Å². The van der Waals surface area contributed by atoms with Gasteiger partial charge in [-0.25, -0.2) is 0 Å². The molecule has 0 amide bonds. The summed E-state index contributed by atoms with van der Waals surface area (Å²) in [5.74, 6) is 0.310. The van der Waals surface area contributed by atoms with E-state index in [1.54, 1.807) is 0 Å². The number of allylic oxidation sites excluding steroid dienone is 1. The van der Waals surface area contributed by atoms with E-state index in [0.717, 1.165) is 18.5 Å². The highest BCUT2D eigenvalue weighted by Gasteiger charge is 2.27. The summed E-state index contributed by atoms with van der Waals surface area (Å²) < 4.78 is 0. The van der Waals surface area contributed by atoms with E-state index in [9.17, 15) is 5.11 Å². The lowest BCUT2D eigenvalue weighted by Crippen LogP contribution is -2.19. The van der Waals surface area contributed by atoms with Crippen LogP contribution in [0.3, 0.4) is 0 Å². The third-order valence-electron chi connectivity index (χ3n) is 2.26. The van der Waals surface area contributed by atoms with Gasteiger partial charge >= 0.3 is 0 Å². The van der Waals surface area contributed by atoms with Gasteiger partial charge < -0.3 is 15.1 Å². The lowest BCUT2D eigenvalue weighted by atomic mass is 10.1. The minimum Gasteiger partial charge on any atom is -0.514 e. The van der Waals surface area contributed by atoms with Gasteiger partial charge in [0.1, 0.15) is 0 Å². The molecule has 0 aromatic heterocycles. The molecule has 0 radical (unpaired) electrons. The predicted octanol–water partition coefficient (Wildman–Crippen LogP) is 0.718. The van der Waals surface area contributed by atoms with E-state index in [-0.39, 0.29) is 6.10 Å². The molecule has 2 atom stereocenters. The normalized spacial score (nSPS) is 33.0. The highest BCUT2D eigenvalue weighted by molar-refractivity contribution is 4.98. The molecule has 0 saturated carbocycles. The monoisotopic (exact) mass is 157 g/mol. The Labute approximate surface area is 66.9 Å². The second kappa shape index (κ2) is 3.13. The summed E-state index contributed by atoms with van der Waals surface area (Å²) >= 11 is 0. The Bertz CT molecular complexity index is 157. The van der Waals surface area contributed by atoms with Crippen LogP contribution in [0, 0.1) is 5.92 Å². The van der Waals surface area contributed by atoms with Crippen LogP contribution < -0.4 is 0 Å². The SMILES string of the molecule is CC(=CO)N1CC(C)C(O)C1. The largest absolute Gasteiger partial charge is 0.514 e. The number of aliphatic hydroxyl groups excluding tert-OH is 2. The maximum atomic E-state index is 9.36. The van der Waals surface area contributed by atoms with Gasteiger partial charge in [0, 0.05) is 24.7 Å². The van der Waals surface area contributed by atoms with Gasteiger partial charge in [-0.15, -0.1) is 0 Å². The van der Waals surface area contributed by atoms with E-state index >= 15 is 0 Å². The first-order valence-corrected chi connectivity index (χ1v) is 3.89. The van der Waals surface area contributed by atoms with Crippen molar-refractivity contribution >= 4 is 0 Å². The molecule has 2 unspecified atom stereocenters. The molecule has 1 fully saturated rings. The number of nitrogens with zero attached hydrogens (tertiary/aromatic N) is 1. The fourth-order valence-electron chi connectivity index (χ4n) is 1.32. The van der Waals surface area contributed by atoms with Gasteiger partial charge in [-0.3, -0.25) is 0 Å². The van der Waals surface area contributed by atoms with Crippen LogP contribution in [-0.2, 0) is 0 Å². The van der Waals surface area contributed by atoms with Gasteiger partial charge in [-0.2, -0.15) is 0 Å². The molecule has 3 heteroatoms. The third-order valence-corrected chi connectivity index (χ3v) is 2.26. The molecule has 1 heterocycles. The van der Waals surface area contributed by atoms with Gasteiger partial charge in [-0.05, 0) is 6.92 Å². The lowest BCUT2D eigenvalue weighted by molar-refractivity contribution is 0.151. The van der Waals surface area contributed by atoms with Crippen molar-refractivity contribution in [3.8, 4) is 0 Å². The van der Waals surface area contributed by atoms with E-state index in [1.807, 2.05) is 18.7 Å². The molecule has 2 N–H and O–H groups in total. The molecule has 0 aromatic carbocycles. The number of β-amino-alcohol motifs (C(OH)–C–C–N with tert-alkyl or cyclic N) is 1. The van der Waals surface area contributed by atoms with Crippen molar-refractivity contribution < 1.29 is 10.2 Å². The standard InChI is InChI=1S/C8H15NO2/c1-6-3-9(4-8(6)11)7(2)5-10/h5-6,8,10-11H,3-4H2,1-2H3. The fraction of sp³-hybridized carbons (Fsp3) is 0.750. The molecule has 1 aliphatic rings. The smallest absolute Gasteiger partial charge is 0.0980 e. The molecular formula is C8H15NO2. The van der Waals surface area contributed by atoms with E-state index < -0.39 is 0 Å². The molecule has 1 saturated heterocycles. The maximum absolute atomic E-state index is 9.36. The van der Waals surface area contributed by atoms with Crippen molar-refractivity contribution in [2.24, 2.45) is 5.92 Å². The topological polar surface area (TPSA) is 43.7 Å². The van der Waals surface area contributed by atoms with Gasteiger partial charge in [0.2, 0.25) is 0 Å². The number of rotatable bonds is 1. The van der Waals surface area contributed by atoms with Gasteiger partial charge in [0.05, 0.1) is 12.4 Å². The molecule has 11 heavy (non-hydrogen) atoms. The van der Waals surface area contributed by atoms with Crippen LogP contribution in [0.2, 0.25) is 0 Å². The molecule has 1 rings (SSSR count). The van der Waals surface area contributed by atoms with Crippen molar-refractivity contribution in [3.05, 3.63) is 12.0 Å². The van der Waals surface area contributed by atoms with Crippen molar-refractivity contribution in [1.29, 1.82) is 0 Å². The van der Waals surface area contributed by atoms with E-state index in [2.05, 4.69) is 0 Å². The Hall–Kier alpha value is -0.700. The lowest BCUT2D eigenvalue weighted by Gasteiger charge is -2.16. The second-order valence-corrected chi connectivity index (χ2v) is 3.22. The first-order chi connectivity index (χ1) is 5.15. The number of aliphatic hydroxyl groups is 2. The zero-order valence-corrected chi connectivity index (χ0v) is 6.99. The van der Waals surface area contributed by atoms with Crippen molar-refractivity contribution in [1.82, 2.24) is 4.90 Å². The number of hydrogen-bond donors (Lipinski definition) is 2. The number of likely N-dealkylation sites (tertiary alicyclic amines) is 1. The maximum Gasteiger partial charge on any atom is 0.0980 e. The van der Waals surface area contributed by atoms with Crippen LogP contribution in [0.15, 0.2) is 12.0 Å². The summed E-state index contributed by atoms with van der Waals surface area (Å²) in [4.78, 5) is 1.98. The van der Waals surface area contributed by atoms with Crippen LogP contribution >= 0.6 is 0 Å². The Balaban J connectivity index is 2.53. The van der Waals surface area contributed by atoms with E-state index in [0.29, 0.717) is 12.5 Å². The molecule has 0 aliphatic carbocycles. The molecule has 0 spiro atoms. The van der Waals surface area contributed by atoms with Gasteiger partial charge in [0.25, 0.3) is 0 Å². The summed E-state index contributed by atoms with van der Waals surface area (Å²) in [6.07, 6.45) is 0.843. The molecule has 1 aliphatic heterocycles. The Morgan fingerprint density at radius 1 is 1.55 bits per heavy atom. The van der Waals surface area contributed by atoms with E-state index in [4.69, 9.17) is 5.11 Å². The summed E-state index contributed by atoms with van der Waals surface area (Å²) in [6, 6.07) is 0. The fourth-order valence-corrected chi connectivity index (χ4v) is 1.32. The quantitative estimate of drug-likeness (QED) is 0.551. The second-order valence-electron chi connectivity index (χ2n) is 3.22. The van der Waals surface area contributed by atoms with Crippen LogP contribution in [0.5, 0.6) is 0 Å². The minimum absolute atomic E-state index is 0.245. The minimum atomic E-state index is -0.245. The predicted molar refractivity (Wildman–Crippen MR) is 43.1 cm³/mol. The first-order valence-electron chi connectivity index (χ1n) is 3.89. The molecule has 0 bridgehead atoms. The van der Waals surface area contributed by atoms with Crippen LogP contribution in [0.1, 0.15) is 13.8 Å². The van der Waals surface area contributed by atoms with Crippen molar-refractivity contribution in [2.45, 2.75) is 20.0 Å². The summed E-state index contributed by atoms with van der Waals surface area (Å²) in [5.41, 5.74) is 0.827. The zero-order valence-electron chi connectivity index (χ0n) is 6.99.